The Morgan fingerprint density at radius 2 is 1.78 bits per heavy atom. The first-order chi connectivity index (χ1) is 13.2. The molecule has 2 aromatic carbocycles. The number of hydrogen-bond donors (Lipinski definition) is 2. The van der Waals surface area contributed by atoms with Crippen molar-refractivity contribution in [2.45, 2.75) is 12.7 Å². The lowest BCUT2D eigenvalue weighted by Crippen LogP contribution is -3.16. The number of nitrogens with zero attached hydrogens (tertiary/aromatic N) is 1. The molecule has 1 aliphatic rings. The fourth-order valence-corrected chi connectivity index (χ4v) is 4.29. The highest BCUT2D eigenvalue weighted by Crippen LogP contribution is 2.18. The van der Waals surface area contributed by atoms with Gasteiger partial charge in [-0.15, -0.1) is 0 Å². The predicted octanol–water partition coefficient (Wildman–Crippen LogP) is 1.75. The van der Waals surface area contributed by atoms with Crippen molar-refractivity contribution in [1.82, 2.24) is 5.32 Å². The molecular formula is C22H30N3OS+. The fourth-order valence-electron chi connectivity index (χ4n) is 3.48. The molecule has 0 saturated carbocycles. The van der Waals surface area contributed by atoms with Gasteiger partial charge >= 0.3 is 0 Å². The molecule has 144 valence electrons. The van der Waals surface area contributed by atoms with Gasteiger partial charge in [0.1, 0.15) is 0 Å². The van der Waals surface area contributed by atoms with E-state index in [1.807, 2.05) is 17.8 Å². The molecule has 0 aromatic heterocycles. The highest BCUT2D eigenvalue weighted by molar-refractivity contribution is 7.98. The Kier molecular flexibility index (Phi) is 7.60. The first-order valence-corrected chi connectivity index (χ1v) is 10.9. The van der Waals surface area contributed by atoms with Crippen molar-refractivity contribution in [1.29, 1.82) is 0 Å². The molecule has 0 radical (unpaired) electrons. The van der Waals surface area contributed by atoms with Crippen molar-refractivity contribution in [3.05, 3.63) is 65.7 Å². The number of amides is 1. The van der Waals surface area contributed by atoms with Crippen LogP contribution in [-0.2, 0) is 10.5 Å². The summed E-state index contributed by atoms with van der Waals surface area (Å²) < 4.78 is 0. The molecule has 27 heavy (non-hydrogen) atoms. The minimum atomic E-state index is 0.176. The van der Waals surface area contributed by atoms with Crippen molar-refractivity contribution < 1.29 is 9.69 Å². The van der Waals surface area contributed by atoms with Gasteiger partial charge in [-0.2, -0.15) is 11.8 Å². The Morgan fingerprint density at radius 3 is 2.52 bits per heavy atom. The summed E-state index contributed by atoms with van der Waals surface area (Å²) in [5.41, 5.74) is 3.99. The monoisotopic (exact) mass is 384 g/mol. The summed E-state index contributed by atoms with van der Waals surface area (Å²) in [7, 11) is 0. The van der Waals surface area contributed by atoms with Gasteiger partial charge < -0.3 is 15.1 Å². The van der Waals surface area contributed by atoms with Gasteiger partial charge in [0.15, 0.2) is 6.54 Å². The Balaban J connectivity index is 1.30. The molecule has 0 aliphatic carbocycles. The molecule has 1 heterocycles. The standard InChI is InChI=1S/C22H29N3OS/c1-19-7-5-6-10-21(19)25-14-12-24(13-15-25)17-22(26)23-11-16-27-18-20-8-3-2-4-9-20/h2-10H,11-18H2,1H3,(H,23,26)/p+1. The van der Waals surface area contributed by atoms with E-state index in [-0.39, 0.29) is 5.91 Å². The van der Waals surface area contributed by atoms with E-state index in [1.165, 1.54) is 21.7 Å². The van der Waals surface area contributed by atoms with E-state index in [0.29, 0.717) is 6.54 Å². The Labute approximate surface area is 166 Å². The van der Waals surface area contributed by atoms with Crippen LogP contribution in [0.4, 0.5) is 5.69 Å². The minimum Gasteiger partial charge on any atom is -0.360 e. The third kappa shape index (κ3) is 6.29. The smallest absolute Gasteiger partial charge is 0.275 e. The van der Waals surface area contributed by atoms with Crippen molar-refractivity contribution in [3.8, 4) is 0 Å². The molecule has 0 spiro atoms. The number of hydrogen-bond acceptors (Lipinski definition) is 3. The number of carbonyl (C=O) groups is 1. The number of anilines is 1. The average molecular weight is 385 g/mol. The van der Waals surface area contributed by atoms with Crippen molar-refractivity contribution in [2.24, 2.45) is 0 Å². The molecule has 1 amide bonds. The number of benzene rings is 2. The van der Waals surface area contributed by atoms with Crippen LogP contribution in [0.25, 0.3) is 0 Å². The number of piperazine rings is 1. The summed E-state index contributed by atoms with van der Waals surface area (Å²) in [5.74, 6) is 2.13. The summed E-state index contributed by atoms with van der Waals surface area (Å²) in [6.45, 7) is 7.57. The summed E-state index contributed by atoms with van der Waals surface area (Å²) in [4.78, 5) is 16.0. The maximum Gasteiger partial charge on any atom is 0.275 e. The normalized spacial score (nSPS) is 14.9. The molecular weight excluding hydrogens is 354 g/mol. The molecule has 4 nitrogen and oxygen atoms in total. The zero-order valence-corrected chi connectivity index (χ0v) is 16.9. The van der Waals surface area contributed by atoms with Crippen LogP contribution < -0.4 is 15.1 Å². The number of carbonyl (C=O) groups excluding carboxylic acids is 1. The fraction of sp³-hybridized carbons (Fsp3) is 0.409. The van der Waals surface area contributed by atoms with Crippen LogP contribution in [0.3, 0.4) is 0 Å². The lowest BCUT2D eigenvalue weighted by molar-refractivity contribution is -0.892. The predicted molar refractivity (Wildman–Crippen MR) is 115 cm³/mol. The van der Waals surface area contributed by atoms with Crippen LogP contribution in [-0.4, -0.2) is 50.9 Å². The Bertz CT molecular complexity index is 715. The SMILES string of the molecule is Cc1ccccc1N1CC[NH+](CC(=O)NCCSCc2ccccc2)CC1. The minimum absolute atomic E-state index is 0.176. The molecule has 5 heteroatoms. The molecule has 0 bridgehead atoms. The Morgan fingerprint density at radius 1 is 1.07 bits per heavy atom. The molecule has 1 saturated heterocycles. The van der Waals surface area contributed by atoms with Crippen molar-refractivity contribution in [3.63, 3.8) is 0 Å². The number of quaternary nitrogens is 1. The summed E-state index contributed by atoms with van der Waals surface area (Å²) in [5, 5.41) is 3.07. The third-order valence-corrected chi connectivity index (χ3v) is 6.05. The number of thioether (sulfide) groups is 1. The van der Waals surface area contributed by atoms with E-state index in [1.54, 1.807) is 0 Å². The van der Waals surface area contributed by atoms with Crippen LogP contribution in [0, 0.1) is 6.92 Å². The molecule has 1 aliphatic heterocycles. The number of rotatable bonds is 8. The molecule has 3 rings (SSSR count). The van der Waals surface area contributed by atoms with E-state index in [2.05, 4.69) is 65.7 Å². The molecule has 0 atom stereocenters. The maximum atomic E-state index is 12.2. The zero-order valence-electron chi connectivity index (χ0n) is 16.1. The van der Waals surface area contributed by atoms with E-state index < -0.39 is 0 Å². The topological polar surface area (TPSA) is 36.8 Å². The lowest BCUT2D eigenvalue weighted by atomic mass is 10.1. The number of aryl methyl sites for hydroxylation is 1. The first kappa shape index (κ1) is 19.8. The van der Waals surface area contributed by atoms with Gasteiger partial charge in [-0.1, -0.05) is 48.5 Å². The van der Waals surface area contributed by atoms with Gasteiger partial charge in [0.25, 0.3) is 5.91 Å². The summed E-state index contributed by atoms with van der Waals surface area (Å²) in [6.07, 6.45) is 0. The van der Waals surface area contributed by atoms with Gasteiger partial charge in [-0.25, -0.2) is 0 Å². The van der Waals surface area contributed by atoms with Gasteiger partial charge in [0.05, 0.1) is 26.2 Å². The molecule has 0 unspecified atom stereocenters. The summed E-state index contributed by atoms with van der Waals surface area (Å²) in [6, 6.07) is 19.0. The van der Waals surface area contributed by atoms with E-state index in [9.17, 15) is 4.79 Å². The second-order valence-corrected chi connectivity index (χ2v) is 8.19. The second kappa shape index (κ2) is 10.4. The van der Waals surface area contributed by atoms with Gasteiger partial charge in [0, 0.05) is 23.7 Å². The quantitative estimate of drug-likeness (QED) is 0.681. The van der Waals surface area contributed by atoms with Crippen molar-refractivity contribution in [2.75, 3.05) is 49.9 Å². The number of nitrogens with one attached hydrogen (secondary N) is 2. The molecule has 2 N–H and O–H groups in total. The first-order valence-electron chi connectivity index (χ1n) is 9.75. The second-order valence-electron chi connectivity index (χ2n) is 7.09. The molecule has 1 fully saturated rings. The highest BCUT2D eigenvalue weighted by Gasteiger charge is 2.22. The van der Waals surface area contributed by atoms with Crippen LogP contribution in [0.5, 0.6) is 0 Å². The third-order valence-electron chi connectivity index (χ3n) is 5.02. The van der Waals surface area contributed by atoms with E-state index in [0.717, 1.165) is 44.2 Å². The maximum absolute atomic E-state index is 12.2. The van der Waals surface area contributed by atoms with Crippen LogP contribution in [0.2, 0.25) is 0 Å². The summed E-state index contributed by atoms with van der Waals surface area (Å²) >= 11 is 1.87. The van der Waals surface area contributed by atoms with E-state index >= 15 is 0 Å². The largest absolute Gasteiger partial charge is 0.360 e. The lowest BCUT2D eigenvalue weighted by Gasteiger charge is -2.34. The van der Waals surface area contributed by atoms with Crippen LogP contribution in [0.1, 0.15) is 11.1 Å². The van der Waals surface area contributed by atoms with Crippen molar-refractivity contribution >= 4 is 23.4 Å². The highest BCUT2D eigenvalue weighted by atomic mass is 32.2. The van der Waals surface area contributed by atoms with Gasteiger partial charge in [-0.05, 0) is 24.1 Å². The van der Waals surface area contributed by atoms with Gasteiger partial charge in [0.2, 0.25) is 0 Å². The van der Waals surface area contributed by atoms with E-state index in [4.69, 9.17) is 0 Å². The Hall–Kier alpha value is -1.98. The van der Waals surface area contributed by atoms with Gasteiger partial charge in [-0.3, -0.25) is 4.79 Å². The average Bonchev–Trinajstić information content (AvgIpc) is 2.70. The zero-order chi connectivity index (χ0) is 18.9. The van der Waals surface area contributed by atoms with Crippen LogP contribution in [0.15, 0.2) is 54.6 Å². The van der Waals surface area contributed by atoms with Crippen LogP contribution >= 0.6 is 11.8 Å². The number of para-hydroxylation sites is 1. The molecule has 2 aromatic rings.